The molecule has 2 rings (SSSR count). The molecule has 1 aliphatic carbocycles. The number of allylic oxidation sites excluding steroid dienone is 1. The summed E-state index contributed by atoms with van der Waals surface area (Å²) in [5.74, 6) is 3.59. The summed E-state index contributed by atoms with van der Waals surface area (Å²) in [5, 5.41) is 3.61. The summed E-state index contributed by atoms with van der Waals surface area (Å²) < 4.78 is 0. The average molecular weight is 211 g/mol. The zero-order chi connectivity index (χ0) is 9.80. The quantitative estimate of drug-likeness (QED) is 0.702. The minimum Gasteiger partial charge on any atom is -0.310 e. The van der Waals surface area contributed by atoms with E-state index in [0.29, 0.717) is 0 Å². The number of thioether (sulfide) groups is 1. The van der Waals surface area contributed by atoms with E-state index in [1.165, 1.54) is 37.2 Å². The van der Waals surface area contributed by atoms with Crippen LogP contribution in [0.25, 0.3) is 0 Å². The Morgan fingerprint density at radius 2 is 2.29 bits per heavy atom. The van der Waals surface area contributed by atoms with Crippen molar-refractivity contribution in [2.75, 3.05) is 18.1 Å². The van der Waals surface area contributed by atoms with Gasteiger partial charge in [0.25, 0.3) is 0 Å². The number of nitrogens with one attached hydrogen (secondary N) is 1. The largest absolute Gasteiger partial charge is 0.310 e. The van der Waals surface area contributed by atoms with Gasteiger partial charge in [0.05, 0.1) is 0 Å². The molecule has 14 heavy (non-hydrogen) atoms. The molecule has 0 bridgehead atoms. The third-order valence-corrected chi connectivity index (χ3v) is 4.27. The van der Waals surface area contributed by atoms with Gasteiger partial charge in [-0.05, 0) is 43.1 Å². The van der Waals surface area contributed by atoms with Crippen LogP contribution >= 0.6 is 11.8 Å². The highest BCUT2D eigenvalue weighted by Gasteiger charge is 2.20. The third-order valence-electron chi connectivity index (χ3n) is 3.09. The Balaban J connectivity index is 1.76. The third kappa shape index (κ3) is 3.32. The maximum atomic E-state index is 3.61. The highest BCUT2D eigenvalue weighted by molar-refractivity contribution is 7.99. The Bertz CT molecular complexity index is 202. The van der Waals surface area contributed by atoms with E-state index >= 15 is 0 Å². The molecule has 1 saturated heterocycles. The van der Waals surface area contributed by atoms with Crippen LogP contribution in [0.2, 0.25) is 0 Å². The Kier molecular flexibility index (Phi) is 3.94. The highest BCUT2D eigenvalue weighted by Crippen LogP contribution is 2.26. The predicted molar refractivity (Wildman–Crippen MR) is 64.8 cm³/mol. The van der Waals surface area contributed by atoms with Gasteiger partial charge in [-0.3, -0.25) is 0 Å². The van der Waals surface area contributed by atoms with Crippen molar-refractivity contribution in [1.82, 2.24) is 5.32 Å². The Hall–Kier alpha value is 0.0500. The lowest BCUT2D eigenvalue weighted by Gasteiger charge is -2.09. The van der Waals surface area contributed by atoms with Gasteiger partial charge in [-0.2, -0.15) is 11.8 Å². The van der Waals surface area contributed by atoms with Crippen molar-refractivity contribution in [1.29, 1.82) is 0 Å². The molecule has 0 amide bonds. The number of hydrogen-bond acceptors (Lipinski definition) is 2. The van der Waals surface area contributed by atoms with Crippen LogP contribution in [0.3, 0.4) is 0 Å². The zero-order valence-electron chi connectivity index (χ0n) is 9.09. The highest BCUT2D eigenvalue weighted by atomic mass is 32.2. The van der Waals surface area contributed by atoms with Crippen LogP contribution in [0.4, 0.5) is 0 Å². The fraction of sp³-hybridized carbons (Fsp3) is 0.833. The van der Waals surface area contributed by atoms with Crippen molar-refractivity contribution >= 4 is 11.8 Å². The van der Waals surface area contributed by atoms with Gasteiger partial charge in [-0.15, -0.1) is 0 Å². The molecule has 2 heteroatoms. The van der Waals surface area contributed by atoms with E-state index in [1.54, 1.807) is 5.57 Å². The second-order valence-electron chi connectivity index (χ2n) is 4.46. The second-order valence-corrected chi connectivity index (χ2v) is 5.61. The Morgan fingerprint density at radius 1 is 1.43 bits per heavy atom. The average Bonchev–Trinajstić information content (AvgIpc) is 2.90. The molecule has 0 radical (unpaired) electrons. The number of hydrogen-bond donors (Lipinski definition) is 1. The zero-order valence-corrected chi connectivity index (χ0v) is 9.91. The van der Waals surface area contributed by atoms with E-state index in [1.807, 2.05) is 0 Å². The fourth-order valence-electron chi connectivity index (χ4n) is 1.88. The van der Waals surface area contributed by atoms with Gasteiger partial charge in [-0.25, -0.2) is 0 Å². The van der Waals surface area contributed by atoms with Crippen molar-refractivity contribution in [3.05, 3.63) is 11.6 Å². The molecular formula is C12H21NS. The smallest absolute Gasteiger partial charge is 0.0167 e. The molecule has 1 atom stereocenters. The molecule has 80 valence electrons. The summed E-state index contributed by atoms with van der Waals surface area (Å²) in [7, 11) is 0. The molecule has 1 nitrogen and oxygen atoms in total. The van der Waals surface area contributed by atoms with Gasteiger partial charge in [0, 0.05) is 12.6 Å². The molecule has 1 N–H and O–H groups in total. The summed E-state index contributed by atoms with van der Waals surface area (Å²) in [4.78, 5) is 0. The first-order valence-electron chi connectivity index (χ1n) is 5.89. The van der Waals surface area contributed by atoms with Crippen LogP contribution in [0.1, 0.15) is 32.6 Å². The normalized spacial score (nSPS) is 28.4. The molecule has 2 fully saturated rings. The Morgan fingerprint density at radius 3 is 2.86 bits per heavy atom. The van der Waals surface area contributed by atoms with Crippen molar-refractivity contribution in [3.63, 3.8) is 0 Å². The van der Waals surface area contributed by atoms with Crippen LogP contribution in [0.5, 0.6) is 0 Å². The van der Waals surface area contributed by atoms with Gasteiger partial charge in [-0.1, -0.05) is 18.6 Å². The van der Waals surface area contributed by atoms with Crippen LogP contribution in [-0.2, 0) is 0 Å². The topological polar surface area (TPSA) is 12.0 Å². The van der Waals surface area contributed by atoms with Crippen LogP contribution in [0.15, 0.2) is 11.6 Å². The van der Waals surface area contributed by atoms with Gasteiger partial charge in [0.2, 0.25) is 0 Å². The molecule has 0 aromatic heterocycles. The van der Waals surface area contributed by atoms with E-state index in [0.717, 1.165) is 18.5 Å². The predicted octanol–water partition coefficient (Wildman–Crippen LogP) is 2.83. The summed E-state index contributed by atoms with van der Waals surface area (Å²) in [6.45, 7) is 3.42. The summed E-state index contributed by atoms with van der Waals surface area (Å²) >= 11 is 2.11. The summed E-state index contributed by atoms with van der Waals surface area (Å²) in [6, 6.07) is 0.850. The van der Waals surface area contributed by atoms with Gasteiger partial charge < -0.3 is 5.32 Å². The summed E-state index contributed by atoms with van der Waals surface area (Å²) in [6.07, 6.45) is 7.96. The van der Waals surface area contributed by atoms with Crippen LogP contribution < -0.4 is 5.32 Å². The molecular weight excluding hydrogens is 190 g/mol. The first kappa shape index (κ1) is 10.6. The first-order valence-corrected chi connectivity index (χ1v) is 7.04. The monoisotopic (exact) mass is 211 g/mol. The Labute approximate surface area is 91.7 Å². The maximum absolute atomic E-state index is 3.61. The van der Waals surface area contributed by atoms with Gasteiger partial charge >= 0.3 is 0 Å². The molecule has 0 spiro atoms. The lowest BCUT2D eigenvalue weighted by molar-refractivity contribution is 0.691. The molecule has 1 heterocycles. The SMILES string of the molecule is CCC(=CC1CCSC1)CNC1CC1. The second kappa shape index (κ2) is 5.22. The van der Waals surface area contributed by atoms with E-state index in [-0.39, 0.29) is 0 Å². The molecule has 1 aliphatic heterocycles. The van der Waals surface area contributed by atoms with E-state index in [9.17, 15) is 0 Å². The van der Waals surface area contributed by atoms with E-state index in [2.05, 4.69) is 30.1 Å². The molecule has 0 aromatic carbocycles. The standard InChI is InChI=1S/C12H21NS/c1-2-10(8-13-12-3-4-12)7-11-5-6-14-9-11/h7,11-13H,2-6,8-9H2,1H3. The fourth-order valence-corrected chi connectivity index (χ4v) is 3.08. The molecule has 0 aromatic rings. The maximum Gasteiger partial charge on any atom is 0.0167 e. The minimum atomic E-state index is 0.850. The van der Waals surface area contributed by atoms with Crippen LogP contribution in [0, 0.1) is 5.92 Å². The molecule has 1 unspecified atom stereocenters. The molecule has 1 saturated carbocycles. The first-order chi connectivity index (χ1) is 6.88. The van der Waals surface area contributed by atoms with E-state index in [4.69, 9.17) is 0 Å². The number of rotatable bonds is 5. The minimum absolute atomic E-state index is 0.850. The van der Waals surface area contributed by atoms with E-state index < -0.39 is 0 Å². The lowest BCUT2D eigenvalue weighted by Crippen LogP contribution is -2.19. The molecule has 2 aliphatic rings. The lowest BCUT2D eigenvalue weighted by atomic mass is 10.0. The van der Waals surface area contributed by atoms with Crippen LogP contribution in [-0.4, -0.2) is 24.1 Å². The van der Waals surface area contributed by atoms with Gasteiger partial charge in [0.1, 0.15) is 0 Å². The summed E-state index contributed by atoms with van der Waals surface area (Å²) in [5.41, 5.74) is 1.63. The van der Waals surface area contributed by atoms with Gasteiger partial charge in [0.15, 0.2) is 0 Å². The van der Waals surface area contributed by atoms with Crippen molar-refractivity contribution in [3.8, 4) is 0 Å². The van der Waals surface area contributed by atoms with Crippen molar-refractivity contribution in [2.24, 2.45) is 5.92 Å². The van der Waals surface area contributed by atoms with Crippen molar-refractivity contribution < 1.29 is 0 Å². The van der Waals surface area contributed by atoms with Crippen molar-refractivity contribution in [2.45, 2.75) is 38.6 Å².